The second kappa shape index (κ2) is 10.0. The molecule has 0 bridgehead atoms. The van der Waals surface area contributed by atoms with Gasteiger partial charge in [0.1, 0.15) is 8.32 Å². The van der Waals surface area contributed by atoms with Crippen LogP contribution in [0.1, 0.15) is 6.92 Å². The topological polar surface area (TPSA) is 119 Å². The van der Waals surface area contributed by atoms with Gasteiger partial charge < -0.3 is 19.8 Å². The summed E-state index contributed by atoms with van der Waals surface area (Å²) >= 11 is 3.20. The second-order valence-electron chi connectivity index (χ2n) is 7.91. The van der Waals surface area contributed by atoms with E-state index in [2.05, 4.69) is 14.9 Å². The average molecular weight is 595 g/mol. The number of ether oxygens (including phenoxy) is 1. The number of nitrogens with zero attached hydrogens (tertiary/aromatic N) is 5. The molecule has 0 unspecified atom stereocenters. The van der Waals surface area contributed by atoms with Crippen molar-refractivity contribution in [1.29, 1.82) is 0 Å². The van der Waals surface area contributed by atoms with E-state index >= 15 is 0 Å². The van der Waals surface area contributed by atoms with E-state index in [0.29, 0.717) is 43.0 Å². The highest BCUT2D eigenvalue weighted by Gasteiger charge is 2.40. The Kier molecular flexibility index (Phi) is 7.53. The van der Waals surface area contributed by atoms with Crippen LogP contribution >= 0.6 is 33.9 Å². The molecule has 176 valence electrons. The maximum absolute atomic E-state index is 13.2. The Hall–Kier alpha value is -1.10. The van der Waals surface area contributed by atoms with Crippen molar-refractivity contribution in [2.45, 2.75) is 33.4 Å². The first-order valence-electron chi connectivity index (χ1n) is 10.2. The summed E-state index contributed by atoms with van der Waals surface area (Å²) in [5.41, 5.74) is 0. The molecule has 0 saturated carbocycles. The van der Waals surface area contributed by atoms with Gasteiger partial charge in [-0.2, -0.15) is 4.31 Å². The fourth-order valence-electron chi connectivity index (χ4n) is 4.14. The summed E-state index contributed by atoms with van der Waals surface area (Å²) in [6, 6.07) is 2.96. The van der Waals surface area contributed by atoms with Crippen molar-refractivity contribution in [1.82, 2.24) is 19.2 Å². The van der Waals surface area contributed by atoms with E-state index < -0.39 is 14.1 Å². The van der Waals surface area contributed by atoms with Crippen LogP contribution in [0, 0.1) is 0 Å². The standard InChI is InChI=1S/C19H26IN5O5S2/c1-13-11-30-12-16(18(20)27)25(13)10-14-9-23(32(28,29)17-3-2-6-31-17)4-5-24(14)19-21-7-15(26)8-22-19/h2-3,6-8,13-14,16,18,26-27H,4-5,9-12H2,1H3/t13-,14-,16-,18+/m1/s1. The van der Waals surface area contributed by atoms with Crippen molar-refractivity contribution in [2.24, 2.45) is 0 Å². The van der Waals surface area contributed by atoms with Crippen LogP contribution in [-0.4, -0.2) is 99.4 Å². The molecule has 4 atom stereocenters. The smallest absolute Gasteiger partial charge is 0.252 e. The third-order valence-corrected chi connectivity index (χ3v) is 9.86. The Balaban J connectivity index is 1.63. The summed E-state index contributed by atoms with van der Waals surface area (Å²) in [7, 11) is -3.60. The minimum Gasteiger partial charge on any atom is -0.505 e. The lowest BCUT2D eigenvalue weighted by atomic mass is 10.1. The number of anilines is 1. The number of rotatable bonds is 6. The minimum absolute atomic E-state index is 0.0286. The largest absolute Gasteiger partial charge is 0.505 e. The fourth-order valence-corrected chi connectivity index (χ4v) is 7.37. The molecule has 32 heavy (non-hydrogen) atoms. The Morgan fingerprint density at radius 3 is 2.72 bits per heavy atom. The van der Waals surface area contributed by atoms with E-state index in [1.54, 1.807) is 17.5 Å². The van der Waals surface area contributed by atoms with Crippen molar-refractivity contribution in [3.05, 3.63) is 29.9 Å². The zero-order valence-electron chi connectivity index (χ0n) is 17.5. The molecule has 2 fully saturated rings. The van der Waals surface area contributed by atoms with Gasteiger partial charge in [0.25, 0.3) is 10.0 Å². The number of aliphatic hydroxyl groups is 1. The van der Waals surface area contributed by atoms with Gasteiger partial charge in [-0.15, -0.1) is 11.3 Å². The number of piperazine rings is 1. The number of morpholine rings is 1. The molecular weight excluding hydrogens is 569 g/mol. The summed E-state index contributed by atoms with van der Waals surface area (Å²) in [6.07, 6.45) is 2.67. The Labute approximate surface area is 205 Å². The molecule has 2 aromatic rings. The van der Waals surface area contributed by atoms with Gasteiger partial charge in [0.15, 0.2) is 5.75 Å². The maximum atomic E-state index is 13.2. The normalized spacial score (nSPS) is 26.8. The van der Waals surface area contributed by atoms with Gasteiger partial charge in [0, 0.05) is 32.2 Å². The maximum Gasteiger partial charge on any atom is 0.252 e. The first kappa shape index (κ1) is 24.0. The van der Waals surface area contributed by atoms with Gasteiger partial charge in [0.2, 0.25) is 5.95 Å². The summed E-state index contributed by atoms with van der Waals surface area (Å²) in [6.45, 7) is 4.48. The van der Waals surface area contributed by atoms with Crippen molar-refractivity contribution >= 4 is 49.9 Å². The summed E-state index contributed by atoms with van der Waals surface area (Å²) in [5.74, 6) is 0.410. The number of thiophene rings is 1. The lowest BCUT2D eigenvalue weighted by Gasteiger charge is -2.47. The van der Waals surface area contributed by atoms with Gasteiger partial charge in [-0.1, -0.05) is 6.07 Å². The van der Waals surface area contributed by atoms with E-state index in [9.17, 15) is 18.6 Å². The van der Waals surface area contributed by atoms with Crippen LogP contribution in [0.15, 0.2) is 34.1 Å². The monoisotopic (exact) mass is 595 g/mol. The van der Waals surface area contributed by atoms with E-state index in [1.807, 2.05) is 34.4 Å². The molecule has 0 radical (unpaired) electrons. The van der Waals surface area contributed by atoms with Crippen LogP contribution in [0.5, 0.6) is 5.75 Å². The zero-order valence-corrected chi connectivity index (χ0v) is 21.3. The van der Waals surface area contributed by atoms with Gasteiger partial charge in [-0.3, -0.25) is 4.90 Å². The molecule has 0 aromatic carbocycles. The molecular formula is C19H26IN5O5S2. The highest BCUT2D eigenvalue weighted by atomic mass is 127. The second-order valence-corrected chi connectivity index (χ2v) is 12.3. The summed E-state index contributed by atoms with van der Waals surface area (Å²) in [5, 5.41) is 21.7. The van der Waals surface area contributed by atoms with Gasteiger partial charge in [-0.05, 0) is 41.0 Å². The summed E-state index contributed by atoms with van der Waals surface area (Å²) in [4.78, 5) is 12.7. The first-order chi connectivity index (χ1) is 15.3. The molecule has 0 amide bonds. The molecule has 0 spiro atoms. The zero-order chi connectivity index (χ0) is 22.9. The van der Waals surface area contributed by atoms with Gasteiger partial charge >= 0.3 is 0 Å². The van der Waals surface area contributed by atoms with Crippen LogP contribution in [0.25, 0.3) is 0 Å². The third kappa shape index (κ3) is 5.03. The number of aromatic nitrogens is 2. The Bertz CT molecular complexity index is 992. The van der Waals surface area contributed by atoms with Gasteiger partial charge in [0.05, 0.1) is 37.7 Å². The molecule has 2 aliphatic rings. The first-order valence-corrected chi connectivity index (χ1v) is 13.8. The number of hydrogen-bond acceptors (Lipinski definition) is 10. The van der Waals surface area contributed by atoms with Gasteiger partial charge in [-0.25, -0.2) is 18.4 Å². The molecule has 2 aromatic heterocycles. The number of hydrogen-bond donors (Lipinski definition) is 2. The van der Waals surface area contributed by atoms with Crippen molar-refractivity contribution in [2.75, 3.05) is 44.3 Å². The highest BCUT2D eigenvalue weighted by Crippen LogP contribution is 2.28. The van der Waals surface area contributed by atoms with Crippen LogP contribution in [0.2, 0.25) is 0 Å². The molecule has 2 saturated heterocycles. The highest BCUT2D eigenvalue weighted by molar-refractivity contribution is 14.1. The lowest BCUT2D eigenvalue weighted by Crippen LogP contribution is -2.63. The predicted octanol–water partition coefficient (Wildman–Crippen LogP) is 0.966. The van der Waals surface area contributed by atoms with E-state index in [-0.39, 0.29) is 30.4 Å². The predicted molar refractivity (Wildman–Crippen MR) is 129 cm³/mol. The van der Waals surface area contributed by atoms with E-state index in [4.69, 9.17) is 4.74 Å². The Morgan fingerprint density at radius 2 is 2.06 bits per heavy atom. The van der Waals surface area contributed by atoms with Crippen LogP contribution in [0.3, 0.4) is 0 Å². The van der Waals surface area contributed by atoms with Crippen molar-refractivity contribution < 1.29 is 23.4 Å². The van der Waals surface area contributed by atoms with E-state index in [1.165, 1.54) is 28.0 Å². The number of halogens is 1. The quantitative estimate of drug-likeness (QED) is 0.372. The minimum atomic E-state index is -3.60. The number of sulfonamides is 1. The number of aromatic hydroxyl groups is 1. The van der Waals surface area contributed by atoms with E-state index in [0.717, 1.165) is 0 Å². The van der Waals surface area contributed by atoms with Crippen LogP contribution in [0.4, 0.5) is 5.95 Å². The third-order valence-electron chi connectivity index (χ3n) is 5.80. The van der Waals surface area contributed by atoms with Crippen LogP contribution < -0.4 is 4.90 Å². The SMILES string of the molecule is C[C@@H]1COC[C@H]([C@H](O)I)N1C[C@H]1CN(S(=O)(=O)c2cccs2)CCN1c1ncc(O)cn1. The molecule has 2 aliphatic heterocycles. The Morgan fingerprint density at radius 1 is 1.31 bits per heavy atom. The lowest BCUT2D eigenvalue weighted by molar-refractivity contribution is -0.0666. The summed E-state index contributed by atoms with van der Waals surface area (Å²) < 4.78 is 33.2. The molecule has 13 heteroatoms. The number of alkyl halides is 1. The average Bonchev–Trinajstić information content (AvgIpc) is 3.31. The number of aliphatic hydroxyl groups excluding tert-OH is 1. The van der Waals surface area contributed by atoms with Crippen molar-refractivity contribution in [3.8, 4) is 5.75 Å². The van der Waals surface area contributed by atoms with Crippen LogP contribution in [-0.2, 0) is 14.8 Å². The fraction of sp³-hybridized carbons (Fsp3) is 0.579. The molecule has 10 nitrogen and oxygen atoms in total. The molecule has 2 N–H and O–H groups in total. The molecule has 0 aliphatic carbocycles. The molecule has 4 rings (SSSR count). The van der Waals surface area contributed by atoms with Crippen molar-refractivity contribution in [3.63, 3.8) is 0 Å². The molecule has 4 heterocycles.